The fraction of sp³-hybridized carbons (Fsp3) is 0.222. The summed E-state index contributed by atoms with van der Waals surface area (Å²) in [6.45, 7) is 0. The molecule has 1 aromatic carbocycles. The highest BCUT2D eigenvalue weighted by molar-refractivity contribution is 5.89. The number of rotatable bonds is 6. The minimum Gasteiger partial charge on any atom is -0.497 e. The Morgan fingerprint density at radius 3 is 2.67 bits per heavy atom. The number of aryl methyl sites for hydroxylation is 2. The number of nitrogens with one attached hydrogen (secondary N) is 1. The van der Waals surface area contributed by atoms with Gasteiger partial charge in [-0.1, -0.05) is 0 Å². The Bertz CT molecular complexity index is 818. The van der Waals surface area contributed by atoms with Crippen molar-refractivity contribution in [3.05, 3.63) is 54.4 Å². The molecule has 0 aliphatic rings. The van der Waals surface area contributed by atoms with Crippen molar-refractivity contribution in [1.29, 1.82) is 0 Å². The van der Waals surface area contributed by atoms with E-state index in [2.05, 4.69) is 10.4 Å². The van der Waals surface area contributed by atoms with Crippen LogP contribution in [0.25, 0.3) is 11.3 Å². The average molecular weight is 325 g/mol. The van der Waals surface area contributed by atoms with Gasteiger partial charge in [0.05, 0.1) is 7.11 Å². The van der Waals surface area contributed by atoms with E-state index in [1.165, 1.54) is 0 Å². The summed E-state index contributed by atoms with van der Waals surface area (Å²) in [7, 11) is 3.44. The zero-order valence-corrected chi connectivity index (χ0v) is 13.7. The van der Waals surface area contributed by atoms with E-state index in [1.54, 1.807) is 31.1 Å². The van der Waals surface area contributed by atoms with Crippen molar-refractivity contribution in [3.63, 3.8) is 0 Å². The van der Waals surface area contributed by atoms with E-state index in [9.17, 15) is 4.79 Å². The molecule has 0 saturated carbocycles. The molecule has 1 N–H and O–H groups in total. The Balaban J connectivity index is 1.56. The first kappa shape index (κ1) is 15.9. The van der Waals surface area contributed by atoms with Crippen LogP contribution in [0, 0.1) is 0 Å². The van der Waals surface area contributed by atoms with Crippen molar-refractivity contribution in [2.45, 2.75) is 12.8 Å². The summed E-state index contributed by atoms with van der Waals surface area (Å²) in [6.07, 6.45) is 2.66. The minimum atomic E-state index is -0.0869. The normalized spacial score (nSPS) is 10.6. The number of methoxy groups -OCH3 is 1. The van der Waals surface area contributed by atoms with Crippen LogP contribution < -0.4 is 10.1 Å². The van der Waals surface area contributed by atoms with Crippen molar-refractivity contribution in [3.8, 4) is 17.1 Å². The van der Waals surface area contributed by atoms with Gasteiger partial charge in [-0.2, -0.15) is 5.10 Å². The number of carbonyl (C=O) groups is 1. The molecule has 24 heavy (non-hydrogen) atoms. The lowest BCUT2D eigenvalue weighted by molar-refractivity contribution is -0.116. The minimum absolute atomic E-state index is 0.0869. The number of furan rings is 1. The second kappa shape index (κ2) is 7.04. The summed E-state index contributed by atoms with van der Waals surface area (Å²) in [5.41, 5.74) is 0.972. The zero-order valence-electron chi connectivity index (χ0n) is 13.7. The molecule has 1 amide bonds. The SMILES string of the molecule is COc1ccc(-c2ccc(CCC(=O)Nc3ccn(C)n3)o2)cc1. The van der Waals surface area contributed by atoms with Gasteiger partial charge in [0.1, 0.15) is 17.3 Å². The van der Waals surface area contributed by atoms with Crippen LogP contribution in [-0.2, 0) is 18.3 Å². The Morgan fingerprint density at radius 2 is 2.00 bits per heavy atom. The van der Waals surface area contributed by atoms with Gasteiger partial charge in [0.15, 0.2) is 5.82 Å². The molecule has 124 valence electrons. The third-order valence-electron chi connectivity index (χ3n) is 3.62. The predicted molar refractivity (Wildman–Crippen MR) is 90.9 cm³/mol. The van der Waals surface area contributed by atoms with Crippen LogP contribution in [0.2, 0.25) is 0 Å². The first-order chi connectivity index (χ1) is 11.6. The Hall–Kier alpha value is -3.02. The first-order valence-corrected chi connectivity index (χ1v) is 7.66. The first-order valence-electron chi connectivity index (χ1n) is 7.66. The summed E-state index contributed by atoms with van der Waals surface area (Å²) in [6, 6.07) is 13.2. The molecule has 3 rings (SSSR count). The van der Waals surface area contributed by atoms with Gasteiger partial charge in [-0.05, 0) is 36.4 Å². The quantitative estimate of drug-likeness (QED) is 0.755. The molecule has 3 aromatic rings. The van der Waals surface area contributed by atoms with Gasteiger partial charge < -0.3 is 14.5 Å². The van der Waals surface area contributed by atoms with Gasteiger partial charge in [-0.15, -0.1) is 0 Å². The molecular formula is C18H19N3O3. The third-order valence-corrected chi connectivity index (χ3v) is 3.62. The van der Waals surface area contributed by atoms with Crippen molar-refractivity contribution < 1.29 is 13.9 Å². The molecule has 2 heterocycles. The molecular weight excluding hydrogens is 306 g/mol. The topological polar surface area (TPSA) is 69.3 Å². The number of benzene rings is 1. The van der Waals surface area contributed by atoms with Gasteiger partial charge in [0.25, 0.3) is 0 Å². The Morgan fingerprint density at radius 1 is 1.21 bits per heavy atom. The van der Waals surface area contributed by atoms with Crippen LogP contribution in [0.3, 0.4) is 0 Å². The number of carbonyl (C=O) groups excluding carboxylic acids is 1. The Labute approximate surface area is 140 Å². The number of amides is 1. The third kappa shape index (κ3) is 3.84. The maximum Gasteiger partial charge on any atom is 0.226 e. The van der Waals surface area contributed by atoms with E-state index < -0.39 is 0 Å². The molecule has 2 aromatic heterocycles. The smallest absolute Gasteiger partial charge is 0.226 e. The second-order valence-electron chi connectivity index (χ2n) is 5.42. The molecule has 0 unspecified atom stereocenters. The lowest BCUT2D eigenvalue weighted by atomic mass is 10.2. The van der Waals surface area contributed by atoms with Crippen molar-refractivity contribution in [2.75, 3.05) is 12.4 Å². The number of aromatic nitrogens is 2. The second-order valence-corrected chi connectivity index (χ2v) is 5.42. The molecule has 0 fully saturated rings. The van der Waals surface area contributed by atoms with Crippen LogP contribution in [-0.4, -0.2) is 22.8 Å². The molecule has 0 atom stereocenters. The highest BCUT2D eigenvalue weighted by Crippen LogP contribution is 2.25. The average Bonchev–Trinajstić information content (AvgIpc) is 3.22. The number of anilines is 1. The van der Waals surface area contributed by atoms with E-state index in [4.69, 9.17) is 9.15 Å². The van der Waals surface area contributed by atoms with E-state index in [0.29, 0.717) is 18.7 Å². The summed E-state index contributed by atoms with van der Waals surface area (Å²) in [5, 5.41) is 6.87. The van der Waals surface area contributed by atoms with Gasteiger partial charge in [-0.25, -0.2) is 0 Å². The number of nitrogens with zero attached hydrogens (tertiary/aromatic N) is 2. The molecule has 0 spiro atoms. The molecule has 0 bridgehead atoms. The molecule has 6 nitrogen and oxygen atoms in total. The summed E-state index contributed by atoms with van der Waals surface area (Å²) >= 11 is 0. The lowest BCUT2D eigenvalue weighted by Gasteiger charge is -2.02. The van der Waals surface area contributed by atoms with Gasteiger partial charge in [-0.3, -0.25) is 9.48 Å². The van der Waals surface area contributed by atoms with Crippen molar-refractivity contribution in [2.24, 2.45) is 7.05 Å². The maximum atomic E-state index is 11.9. The highest BCUT2D eigenvalue weighted by atomic mass is 16.5. The van der Waals surface area contributed by atoms with Gasteiger partial charge >= 0.3 is 0 Å². The van der Waals surface area contributed by atoms with Crippen LogP contribution >= 0.6 is 0 Å². The van der Waals surface area contributed by atoms with Crippen LogP contribution in [0.5, 0.6) is 5.75 Å². The van der Waals surface area contributed by atoms with Gasteiger partial charge in [0, 0.05) is 37.7 Å². The zero-order chi connectivity index (χ0) is 16.9. The summed E-state index contributed by atoms with van der Waals surface area (Å²) in [4.78, 5) is 11.9. The van der Waals surface area contributed by atoms with Crippen molar-refractivity contribution >= 4 is 11.7 Å². The number of ether oxygens (including phenoxy) is 1. The van der Waals surface area contributed by atoms with E-state index in [1.807, 2.05) is 36.4 Å². The molecule has 0 radical (unpaired) electrons. The van der Waals surface area contributed by atoms with Gasteiger partial charge in [0.2, 0.25) is 5.91 Å². The predicted octanol–water partition coefficient (Wildman–Crippen LogP) is 3.26. The molecule has 0 aliphatic heterocycles. The number of hydrogen-bond donors (Lipinski definition) is 1. The monoisotopic (exact) mass is 325 g/mol. The largest absolute Gasteiger partial charge is 0.497 e. The van der Waals surface area contributed by atoms with E-state index in [-0.39, 0.29) is 5.91 Å². The maximum absolute atomic E-state index is 11.9. The lowest BCUT2D eigenvalue weighted by Crippen LogP contribution is -2.12. The number of hydrogen-bond acceptors (Lipinski definition) is 4. The van der Waals surface area contributed by atoms with E-state index >= 15 is 0 Å². The Kier molecular flexibility index (Phi) is 4.65. The molecule has 0 aliphatic carbocycles. The highest BCUT2D eigenvalue weighted by Gasteiger charge is 2.09. The van der Waals surface area contributed by atoms with E-state index in [0.717, 1.165) is 22.8 Å². The molecule has 6 heteroatoms. The summed E-state index contributed by atoms with van der Waals surface area (Å²) < 4.78 is 12.6. The fourth-order valence-electron chi connectivity index (χ4n) is 2.35. The van der Waals surface area contributed by atoms with Crippen molar-refractivity contribution in [1.82, 2.24) is 9.78 Å². The molecule has 0 saturated heterocycles. The fourth-order valence-corrected chi connectivity index (χ4v) is 2.35. The van der Waals surface area contributed by atoms with Crippen LogP contribution in [0.4, 0.5) is 5.82 Å². The summed E-state index contributed by atoms with van der Waals surface area (Å²) in [5.74, 6) is 2.82. The van der Waals surface area contributed by atoms with Crippen LogP contribution in [0.1, 0.15) is 12.2 Å². The van der Waals surface area contributed by atoms with Crippen LogP contribution in [0.15, 0.2) is 53.1 Å². The standard InChI is InChI=1S/C18H19N3O3/c1-21-12-11-17(20-21)19-18(22)10-8-15-7-9-16(24-15)13-3-5-14(23-2)6-4-13/h3-7,9,11-12H,8,10H2,1-2H3,(H,19,20,22).